The Balaban J connectivity index is 1.80. The third-order valence-corrected chi connectivity index (χ3v) is 7.04. The molecular weight excluding hydrogens is 358 g/mol. The minimum Gasteiger partial charge on any atom is -0.375 e. The van der Waals surface area contributed by atoms with Gasteiger partial charge in [0.15, 0.2) is 0 Å². The van der Waals surface area contributed by atoms with Crippen LogP contribution in [0.3, 0.4) is 0 Å². The van der Waals surface area contributed by atoms with Gasteiger partial charge in [-0.3, -0.25) is 19.4 Å². The molecule has 4 rings (SSSR count). The molecule has 0 saturated carbocycles. The van der Waals surface area contributed by atoms with Crippen molar-refractivity contribution in [3.63, 3.8) is 0 Å². The summed E-state index contributed by atoms with van der Waals surface area (Å²) in [6, 6.07) is 4.11. The van der Waals surface area contributed by atoms with E-state index in [1.165, 1.54) is 11.8 Å². The number of anilines is 1. The lowest BCUT2D eigenvalue weighted by Gasteiger charge is -2.36. The Morgan fingerprint density at radius 3 is 2.92 bits per heavy atom. The number of carbonyl (C=O) groups excluding carboxylic acids is 1. The molecule has 0 aliphatic carbocycles. The van der Waals surface area contributed by atoms with Crippen LogP contribution in [0.5, 0.6) is 0 Å². The Morgan fingerprint density at radius 2 is 2.20 bits per heavy atom. The molecule has 6 nitrogen and oxygen atoms in total. The van der Waals surface area contributed by atoms with Crippen molar-refractivity contribution in [3.05, 3.63) is 38.3 Å². The predicted molar refractivity (Wildman–Crippen MR) is 101 cm³/mol. The fraction of sp³-hybridized carbons (Fsp3) is 0.529. The fourth-order valence-corrected chi connectivity index (χ4v) is 5.70. The molecule has 0 radical (unpaired) electrons. The first-order chi connectivity index (χ1) is 11.9. The minimum absolute atomic E-state index is 0.0654. The standard InChI is InChI=1S/C17H21N3O3S2/c1-17(2)8-10(5-6-23-17)20-15-13(16(22)19-20)14(11-4-3-7-24-11)25-9-12(21)18-15/h3-4,7,10,14H,5-6,8-9H2,1-2H3,(H,18,21)(H,19,22)/t10-,14-/m1/s1. The number of ether oxygens (including phenoxy) is 1. The molecule has 0 unspecified atom stereocenters. The van der Waals surface area contributed by atoms with Crippen LogP contribution < -0.4 is 10.9 Å². The summed E-state index contributed by atoms with van der Waals surface area (Å²) in [6.07, 6.45) is 1.60. The number of nitrogens with zero attached hydrogens (tertiary/aromatic N) is 1. The maximum atomic E-state index is 12.8. The highest BCUT2D eigenvalue weighted by Gasteiger charge is 2.36. The maximum absolute atomic E-state index is 12.8. The molecule has 2 aliphatic rings. The molecule has 2 aromatic heterocycles. The number of rotatable bonds is 2. The molecule has 1 saturated heterocycles. The highest BCUT2D eigenvalue weighted by Crippen LogP contribution is 2.43. The van der Waals surface area contributed by atoms with Crippen molar-refractivity contribution in [1.82, 2.24) is 9.78 Å². The van der Waals surface area contributed by atoms with Gasteiger partial charge in [0.25, 0.3) is 5.56 Å². The highest BCUT2D eigenvalue weighted by atomic mass is 32.2. The van der Waals surface area contributed by atoms with E-state index in [4.69, 9.17) is 4.74 Å². The average Bonchev–Trinajstić information content (AvgIpc) is 3.13. The maximum Gasteiger partial charge on any atom is 0.271 e. The van der Waals surface area contributed by atoms with E-state index in [9.17, 15) is 9.59 Å². The van der Waals surface area contributed by atoms with Crippen LogP contribution in [0, 0.1) is 0 Å². The van der Waals surface area contributed by atoms with Crippen LogP contribution in [-0.4, -0.2) is 33.6 Å². The Labute approximate surface area is 153 Å². The highest BCUT2D eigenvalue weighted by molar-refractivity contribution is 8.00. The molecule has 0 bridgehead atoms. The van der Waals surface area contributed by atoms with Crippen molar-refractivity contribution in [3.8, 4) is 0 Å². The summed E-state index contributed by atoms with van der Waals surface area (Å²) in [4.78, 5) is 26.1. The number of hydrogen-bond donors (Lipinski definition) is 2. The average molecular weight is 380 g/mol. The third-order valence-electron chi connectivity index (χ3n) is 4.70. The SMILES string of the molecule is CC1(C)C[C@H](n2[nH]c(=O)c3c2NC(=O)CS[C@@H]3c2cccs2)CCO1. The smallest absolute Gasteiger partial charge is 0.271 e. The predicted octanol–water partition coefficient (Wildman–Crippen LogP) is 3.14. The van der Waals surface area contributed by atoms with Crippen LogP contribution in [0.15, 0.2) is 22.3 Å². The zero-order chi connectivity index (χ0) is 17.6. The molecule has 134 valence electrons. The van der Waals surface area contributed by atoms with Crippen LogP contribution in [0.2, 0.25) is 0 Å². The largest absolute Gasteiger partial charge is 0.375 e. The van der Waals surface area contributed by atoms with E-state index in [0.29, 0.717) is 23.7 Å². The third kappa shape index (κ3) is 3.18. The van der Waals surface area contributed by atoms with Crippen molar-refractivity contribution in [2.24, 2.45) is 0 Å². The number of fused-ring (bicyclic) bond motifs is 1. The van der Waals surface area contributed by atoms with Crippen molar-refractivity contribution in [2.75, 3.05) is 17.7 Å². The Bertz CT molecular complexity index is 838. The number of carbonyl (C=O) groups is 1. The van der Waals surface area contributed by atoms with Gasteiger partial charge in [-0.1, -0.05) is 6.07 Å². The van der Waals surface area contributed by atoms with E-state index in [-0.39, 0.29) is 28.4 Å². The van der Waals surface area contributed by atoms with Gasteiger partial charge in [0.1, 0.15) is 5.82 Å². The second-order valence-electron chi connectivity index (χ2n) is 7.08. The molecule has 4 heterocycles. The number of hydrogen-bond acceptors (Lipinski definition) is 5. The van der Waals surface area contributed by atoms with Crippen LogP contribution >= 0.6 is 23.1 Å². The summed E-state index contributed by atoms with van der Waals surface area (Å²) in [5, 5.41) is 7.83. The first-order valence-corrected chi connectivity index (χ1v) is 10.3. The monoisotopic (exact) mass is 379 g/mol. The lowest BCUT2D eigenvalue weighted by atomic mass is 9.94. The first kappa shape index (κ1) is 16.9. The van der Waals surface area contributed by atoms with E-state index in [1.54, 1.807) is 11.3 Å². The Hall–Kier alpha value is -1.51. The number of H-pyrrole nitrogens is 1. The second kappa shape index (κ2) is 6.34. The Kier molecular flexibility index (Phi) is 4.29. The summed E-state index contributed by atoms with van der Waals surface area (Å²) in [7, 11) is 0. The topological polar surface area (TPSA) is 76.1 Å². The van der Waals surface area contributed by atoms with Crippen molar-refractivity contribution >= 4 is 34.8 Å². The van der Waals surface area contributed by atoms with Crippen molar-refractivity contribution in [1.29, 1.82) is 0 Å². The number of amides is 1. The van der Waals surface area contributed by atoms with E-state index in [0.717, 1.165) is 17.7 Å². The van der Waals surface area contributed by atoms with Crippen LogP contribution in [0.1, 0.15) is 48.4 Å². The number of thioether (sulfide) groups is 1. The number of aromatic amines is 1. The fourth-order valence-electron chi connectivity index (χ4n) is 3.60. The summed E-state index contributed by atoms with van der Waals surface area (Å²) < 4.78 is 7.67. The van der Waals surface area contributed by atoms with Gasteiger partial charge in [-0.2, -0.15) is 0 Å². The molecule has 8 heteroatoms. The molecule has 2 aliphatic heterocycles. The van der Waals surface area contributed by atoms with E-state index in [1.807, 2.05) is 22.2 Å². The quantitative estimate of drug-likeness (QED) is 0.840. The second-order valence-corrected chi connectivity index (χ2v) is 9.16. The van der Waals surface area contributed by atoms with Gasteiger partial charge in [-0.25, -0.2) is 0 Å². The Morgan fingerprint density at radius 1 is 1.36 bits per heavy atom. The molecule has 2 aromatic rings. The minimum atomic E-state index is -0.242. The summed E-state index contributed by atoms with van der Waals surface area (Å²) >= 11 is 3.12. The number of aromatic nitrogens is 2. The first-order valence-electron chi connectivity index (χ1n) is 8.38. The molecule has 2 N–H and O–H groups in total. The van der Waals surface area contributed by atoms with Crippen LogP contribution in [-0.2, 0) is 9.53 Å². The van der Waals surface area contributed by atoms with Gasteiger partial charge in [0.05, 0.1) is 28.2 Å². The molecule has 25 heavy (non-hydrogen) atoms. The normalized spacial score (nSPS) is 25.9. The van der Waals surface area contributed by atoms with Gasteiger partial charge in [0, 0.05) is 11.5 Å². The summed E-state index contributed by atoms with van der Waals surface area (Å²) in [5.74, 6) is 0.904. The van der Waals surface area contributed by atoms with Crippen LogP contribution in [0.4, 0.5) is 5.82 Å². The molecule has 0 spiro atoms. The van der Waals surface area contributed by atoms with Gasteiger partial charge >= 0.3 is 0 Å². The van der Waals surface area contributed by atoms with E-state index >= 15 is 0 Å². The number of thiophene rings is 1. The molecular formula is C17H21N3O3S2. The van der Waals surface area contributed by atoms with Crippen molar-refractivity contribution in [2.45, 2.75) is 43.6 Å². The van der Waals surface area contributed by atoms with Crippen molar-refractivity contribution < 1.29 is 9.53 Å². The van der Waals surface area contributed by atoms with Crippen LogP contribution in [0.25, 0.3) is 0 Å². The number of nitrogens with one attached hydrogen (secondary N) is 2. The van der Waals surface area contributed by atoms with Gasteiger partial charge in [-0.15, -0.1) is 23.1 Å². The lowest BCUT2D eigenvalue weighted by Crippen LogP contribution is -2.36. The summed E-state index contributed by atoms with van der Waals surface area (Å²) in [5.41, 5.74) is 0.295. The molecule has 0 aromatic carbocycles. The summed E-state index contributed by atoms with van der Waals surface area (Å²) in [6.45, 7) is 4.76. The lowest BCUT2D eigenvalue weighted by molar-refractivity contribution is -0.113. The molecule has 2 atom stereocenters. The zero-order valence-corrected chi connectivity index (χ0v) is 15.8. The van der Waals surface area contributed by atoms with Gasteiger partial charge in [0.2, 0.25) is 5.91 Å². The molecule has 1 fully saturated rings. The molecule has 1 amide bonds. The van der Waals surface area contributed by atoms with E-state index in [2.05, 4.69) is 24.3 Å². The van der Waals surface area contributed by atoms with Gasteiger partial charge in [-0.05, 0) is 38.1 Å². The zero-order valence-electron chi connectivity index (χ0n) is 14.2. The van der Waals surface area contributed by atoms with Gasteiger partial charge < -0.3 is 10.1 Å². The van der Waals surface area contributed by atoms with E-state index < -0.39 is 0 Å².